The molecule has 8 heteroatoms. The van der Waals surface area contributed by atoms with Gasteiger partial charge in [-0.3, -0.25) is 9.78 Å². The second-order valence-electron chi connectivity index (χ2n) is 3.93. The van der Waals surface area contributed by atoms with Crippen molar-refractivity contribution < 1.29 is 23.5 Å². The first-order valence-electron chi connectivity index (χ1n) is 5.53. The van der Waals surface area contributed by atoms with Crippen molar-refractivity contribution in [2.45, 2.75) is 0 Å². The Morgan fingerprint density at radius 1 is 1.19 bits per heavy atom. The highest BCUT2D eigenvalue weighted by Gasteiger charge is 2.18. The predicted molar refractivity (Wildman–Crippen MR) is 70.5 cm³/mol. The average Bonchev–Trinajstić information content (AvgIpc) is 2.42. The molecular weight excluding hydrogens is 306 g/mol. The van der Waals surface area contributed by atoms with Crippen LogP contribution in [0.4, 0.5) is 14.5 Å². The molecule has 0 bridgehead atoms. The first kappa shape index (κ1) is 14.9. The number of carbonyl (C=O) groups is 2. The molecule has 0 aliphatic rings. The quantitative estimate of drug-likeness (QED) is 0.913. The van der Waals surface area contributed by atoms with E-state index in [4.69, 9.17) is 16.7 Å². The van der Waals surface area contributed by atoms with Crippen LogP contribution >= 0.6 is 11.6 Å². The zero-order valence-corrected chi connectivity index (χ0v) is 11.0. The van der Waals surface area contributed by atoms with Crippen LogP contribution in [-0.4, -0.2) is 22.0 Å². The molecule has 0 unspecified atom stereocenters. The maximum Gasteiger partial charge on any atom is 0.337 e. The van der Waals surface area contributed by atoms with Crippen LogP contribution in [0.3, 0.4) is 0 Å². The number of aromatic carboxylic acids is 1. The maximum absolute atomic E-state index is 13.2. The van der Waals surface area contributed by atoms with Crippen LogP contribution in [-0.2, 0) is 0 Å². The van der Waals surface area contributed by atoms with E-state index in [0.29, 0.717) is 12.1 Å². The number of carboxylic acids is 1. The van der Waals surface area contributed by atoms with Crippen LogP contribution in [0.25, 0.3) is 0 Å². The van der Waals surface area contributed by atoms with Crippen molar-refractivity contribution in [3.63, 3.8) is 0 Å². The Balaban J connectivity index is 2.40. The number of hydrogen-bond donors (Lipinski definition) is 2. The van der Waals surface area contributed by atoms with Gasteiger partial charge in [0, 0.05) is 18.5 Å². The molecule has 2 N–H and O–H groups in total. The summed E-state index contributed by atoms with van der Waals surface area (Å²) < 4.78 is 26.3. The van der Waals surface area contributed by atoms with Crippen molar-refractivity contribution in [2.75, 3.05) is 5.32 Å². The number of anilines is 1. The topological polar surface area (TPSA) is 79.3 Å². The molecule has 1 amide bonds. The molecule has 21 heavy (non-hydrogen) atoms. The number of pyridine rings is 1. The minimum absolute atomic E-state index is 0.0276. The molecule has 0 saturated carbocycles. The smallest absolute Gasteiger partial charge is 0.337 e. The summed E-state index contributed by atoms with van der Waals surface area (Å²) in [5.74, 6) is -4.92. The number of amides is 1. The van der Waals surface area contributed by atoms with Crippen molar-refractivity contribution >= 4 is 29.2 Å². The van der Waals surface area contributed by atoms with Crippen LogP contribution < -0.4 is 5.32 Å². The Morgan fingerprint density at radius 2 is 1.86 bits per heavy atom. The number of carboxylic acid groups (broad SMARTS) is 1. The van der Waals surface area contributed by atoms with E-state index in [2.05, 4.69) is 10.3 Å². The van der Waals surface area contributed by atoms with E-state index in [1.54, 1.807) is 0 Å². The fraction of sp³-hybridized carbons (Fsp3) is 0. The number of halogens is 3. The van der Waals surface area contributed by atoms with E-state index in [0.717, 1.165) is 6.20 Å². The fourth-order valence-electron chi connectivity index (χ4n) is 1.56. The number of aromatic nitrogens is 1. The summed E-state index contributed by atoms with van der Waals surface area (Å²) in [7, 11) is 0. The summed E-state index contributed by atoms with van der Waals surface area (Å²) in [5, 5.41) is 11.2. The van der Waals surface area contributed by atoms with Gasteiger partial charge in [-0.25, -0.2) is 13.6 Å². The van der Waals surface area contributed by atoms with Crippen molar-refractivity contribution in [1.82, 2.24) is 4.98 Å². The molecule has 0 aliphatic heterocycles. The number of benzene rings is 1. The lowest BCUT2D eigenvalue weighted by atomic mass is 10.1. The van der Waals surface area contributed by atoms with Gasteiger partial charge >= 0.3 is 5.97 Å². The van der Waals surface area contributed by atoms with Crippen molar-refractivity contribution in [3.05, 3.63) is 58.4 Å². The third-order valence-electron chi connectivity index (χ3n) is 2.55. The highest BCUT2D eigenvalue weighted by Crippen LogP contribution is 2.22. The summed E-state index contributed by atoms with van der Waals surface area (Å²) >= 11 is 5.79. The molecule has 0 aliphatic carbocycles. The lowest BCUT2D eigenvalue weighted by Crippen LogP contribution is -2.16. The molecule has 1 aromatic heterocycles. The first-order valence-corrected chi connectivity index (χ1v) is 5.91. The minimum Gasteiger partial charge on any atom is -0.478 e. The molecule has 0 radical (unpaired) electrons. The molecule has 108 valence electrons. The average molecular weight is 313 g/mol. The highest BCUT2D eigenvalue weighted by atomic mass is 35.5. The van der Waals surface area contributed by atoms with E-state index in [1.807, 2.05) is 0 Å². The molecule has 1 aromatic carbocycles. The summed E-state index contributed by atoms with van der Waals surface area (Å²) in [5.41, 5.74) is -0.992. The molecular formula is C13H7ClF2N2O3. The van der Waals surface area contributed by atoms with Gasteiger partial charge < -0.3 is 10.4 Å². The summed E-state index contributed by atoms with van der Waals surface area (Å²) in [6, 6.07) is 2.43. The van der Waals surface area contributed by atoms with Gasteiger partial charge in [0.25, 0.3) is 5.91 Å². The van der Waals surface area contributed by atoms with Crippen molar-refractivity contribution in [1.29, 1.82) is 0 Å². The van der Waals surface area contributed by atoms with E-state index >= 15 is 0 Å². The summed E-state index contributed by atoms with van der Waals surface area (Å²) in [6.45, 7) is 0. The number of nitrogens with one attached hydrogen (secondary N) is 1. The monoisotopic (exact) mass is 312 g/mol. The van der Waals surface area contributed by atoms with E-state index in [1.165, 1.54) is 12.3 Å². The summed E-state index contributed by atoms with van der Waals surface area (Å²) in [4.78, 5) is 26.7. The van der Waals surface area contributed by atoms with Gasteiger partial charge in [-0.15, -0.1) is 0 Å². The Bertz CT molecular complexity index is 737. The zero-order chi connectivity index (χ0) is 15.6. The van der Waals surface area contributed by atoms with Crippen LogP contribution in [0, 0.1) is 11.6 Å². The predicted octanol–water partition coefficient (Wildman–Crippen LogP) is 2.96. The molecule has 5 nitrogen and oxygen atoms in total. The van der Waals surface area contributed by atoms with Gasteiger partial charge in [-0.1, -0.05) is 11.6 Å². The van der Waals surface area contributed by atoms with Crippen molar-refractivity contribution in [3.8, 4) is 0 Å². The van der Waals surface area contributed by atoms with Gasteiger partial charge in [0.05, 0.1) is 21.8 Å². The zero-order valence-electron chi connectivity index (χ0n) is 10.2. The Hall–Kier alpha value is -2.54. The standard InChI is InChI=1S/C13H7ClF2N2O3/c14-8-1-2-17-5-7(8)12(19)18-11-4-10(16)9(15)3-6(11)13(20)21/h1-5H,(H,18,19)(H,20,21). The minimum atomic E-state index is -1.51. The van der Waals surface area contributed by atoms with Gasteiger partial charge in [-0.2, -0.15) is 0 Å². The van der Waals surface area contributed by atoms with E-state index in [-0.39, 0.29) is 16.3 Å². The second-order valence-corrected chi connectivity index (χ2v) is 4.33. The van der Waals surface area contributed by atoms with Crippen LogP contribution in [0.15, 0.2) is 30.6 Å². The molecule has 2 rings (SSSR count). The third kappa shape index (κ3) is 3.14. The Labute approximate surface area is 122 Å². The number of hydrogen-bond acceptors (Lipinski definition) is 3. The van der Waals surface area contributed by atoms with Gasteiger partial charge in [0.1, 0.15) is 0 Å². The van der Waals surface area contributed by atoms with Crippen LogP contribution in [0.5, 0.6) is 0 Å². The summed E-state index contributed by atoms with van der Waals surface area (Å²) in [6.07, 6.45) is 2.53. The number of nitrogens with zero attached hydrogens (tertiary/aromatic N) is 1. The second kappa shape index (κ2) is 5.84. The molecule has 0 fully saturated rings. The largest absolute Gasteiger partial charge is 0.478 e. The SMILES string of the molecule is O=C(Nc1cc(F)c(F)cc1C(=O)O)c1cnccc1Cl. The van der Waals surface area contributed by atoms with E-state index in [9.17, 15) is 18.4 Å². The number of carbonyl (C=O) groups excluding carboxylic acids is 1. The van der Waals surface area contributed by atoms with Crippen molar-refractivity contribution in [2.24, 2.45) is 0 Å². The first-order chi connectivity index (χ1) is 9.90. The lowest BCUT2D eigenvalue weighted by Gasteiger charge is -2.09. The third-order valence-corrected chi connectivity index (χ3v) is 2.88. The Morgan fingerprint density at radius 3 is 2.48 bits per heavy atom. The molecule has 1 heterocycles. The lowest BCUT2D eigenvalue weighted by molar-refractivity contribution is 0.0697. The molecule has 2 aromatic rings. The highest BCUT2D eigenvalue weighted by molar-refractivity contribution is 6.34. The van der Waals surface area contributed by atoms with Gasteiger partial charge in [-0.05, 0) is 12.1 Å². The molecule has 0 atom stereocenters. The number of rotatable bonds is 3. The van der Waals surface area contributed by atoms with Crippen LogP contribution in [0.2, 0.25) is 5.02 Å². The van der Waals surface area contributed by atoms with Gasteiger partial charge in [0.15, 0.2) is 11.6 Å². The Kier molecular flexibility index (Phi) is 4.13. The van der Waals surface area contributed by atoms with Gasteiger partial charge in [0.2, 0.25) is 0 Å². The normalized spacial score (nSPS) is 10.2. The maximum atomic E-state index is 13.2. The van der Waals surface area contributed by atoms with E-state index < -0.39 is 29.1 Å². The molecule has 0 spiro atoms. The van der Waals surface area contributed by atoms with Crippen LogP contribution in [0.1, 0.15) is 20.7 Å². The fourth-order valence-corrected chi connectivity index (χ4v) is 1.75. The molecule has 0 saturated heterocycles.